The van der Waals surface area contributed by atoms with E-state index in [0.29, 0.717) is 0 Å². The lowest BCUT2D eigenvalue weighted by Crippen LogP contribution is -2.07. The average Bonchev–Trinajstić information content (AvgIpc) is 2.69. The summed E-state index contributed by atoms with van der Waals surface area (Å²) >= 11 is 0. The van der Waals surface area contributed by atoms with Gasteiger partial charge in [-0.2, -0.15) is 13.2 Å². The number of benzene rings is 1. The SMILES string of the molecule is FC(F)(F)c1ccccc1-c1n[c]n[nH]1. The fourth-order valence-corrected chi connectivity index (χ4v) is 1.24. The Kier molecular flexibility index (Phi) is 2.18. The number of aromatic nitrogens is 3. The predicted molar refractivity (Wildman–Crippen MR) is 45.7 cm³/mol. The highest BCUT2D eigenvalue weighted by Gasteiger charge is 2.33. The molecule has 0 aliphatic carbocycles. The molecule has 15 heavy (non-hydrogen) atoms. The largest absolute Gasteiger partial charge is 0.417 e. The predicted octanol–water partition coefficient (Wildman–Crippen LogP) is 2.29. The molecule has 0 unspecified atom stereocenters. The minimum atomic E-state index is -4.40. The van der Waals surface area contributed by atoms with Gasteiger partial charge in [0.25, 0.3) is 0 Å². The normalized spacial score (nSPS) is 11.7. The molecule has 1 aromatic heterocycles. The van der Waals surface area contributed by atoms with Gasteiger partial charge in [0.05, 0.1) is 5.56 Å². The molecule has 3 nitrogen and oxygen atoms in total. The summed E-state index contributed by atoms with van der Waals surface area (Å²) in [5, 5.41) is 5.74. The molecule has 1 radical (unpaired) electrons. The second kappa shape index (κ2) is 3.38. The molecule has 0 spiro atoms. The Bertz CT molecular complexity index is 448. The Hall–Kier alpha value is -1.85. The fourth-order valence-electron chi connectivity index (χ4n) is 1.24. The van der Waals surface area contributed by atoms with Crippen LogP contribution in [0.25, 0.3) is 11.4 Å². The third-order valence-electron chi connectivity index (χ3n) is 1.86. The first kappa shape index (κ1) is 9.70. The van der Waals surface area contributed by atoms with Crippen molar-refractivity contribution in [2.75, 3.05) is 0 Å². The van der Waals surface area contributed by atoms with E-state index in [-0.39, 0.29) is 11.4 Å². The van der Waals surface area contributed by atoms with Crippen LogP contribution in [0.1, 0.15) is 5.56 Å². The highest BCUT2D eigenvalue weighted by Crippen LogP contribution is 2.35. The van der Waals surface area contributed by atoms with E-state index in [1.165, 1.54) is 18.2 Å². The Morgan fingerprint density at radius 3 is 2.53 bits per heavy atom. The molecule has 6 heteroatoms. The molecule has 2 aromatic rings. The summed E-state index contributed by atoms with van der Waals surface area (Å²) in [6.45, 7) is 0. The maximum absolute atomic E-state index is 12.6. The van der Waals surface area contributed by atoms with E-state index in [9.17, 15) is 13.2 Å². The van der Waals surface area contributed by atoms with Gasteiger partial charge in [0.1, 0.15) is 0 Å². The second-order valence-electron chi connectivity index (χ2n) is 2.83. The molecule has 0 amide bonds. The summed E-state index contributed by atoms with van der Waals surface area (Å²) in [4.78, 5) is 3.57. The number of halogens is 3. The number of nitrogens with zero attached hydrogens (tertiary/aromatic N) is 2. The van der Waals surface area contributed by atoms with Crippen molar-refractivity contribution in [3.63, 3.8) is 0 Å². The Morgan fingerprint density at radius 2 is 1.93 bits per heavy atom. The molecule has 0 atom stereocenters. The molecule has 0 saturated carbocycles. The van der Waals surface area contributed by atoms with Gasteiger partial charge in [-0.15, -0.1) is 5.10 Å². The summed E-state index contributed by atoms with van der Waals surface area (Å²) < 4.78 is 37.7. The first-order valence-corrected chi connectivity index (χ1v) is 4.04. The van der Waals surface area contributed by atoms with E-state index in [1.54, 1.807) is 0 Å². The van der Waals surface area contributed by atoms with Crippen LogP contribution in [-0.4, -0.2) is 15.2 Å². The first-order chi connectivity index (χ1) is 7.09. The van der Waals surface area contributed by atoms with Crippen molar-refractivity contribution in [1.29, 1.82) is 0 Å². The van der Waals surface area contributed by atoms with Crippen LogP contribution in [0, 0.1) is 6.33 Å². The summed E-state index contributed by atoms with van der Waals surface area (Å²) in [5.41, 5.74) is -0.770. The molecule has 2 rings (SSSR count). The number of H-pyrrole nitrogens is 1. The third kappa shape index (κ3) is 1.83. The van der Waals surface area contributed by atoms with Crippen LogP contribution < -0.4 is 0 Å². The van der Waals surface area contributed by atoms with E-state index in [0.717, 1.165) is 6.07 Å². The zero-order valence-electron chi connectivity index (χ0n) is 7.34. The minimum absolute atomic E-state index is 0.0289. The van der Waals surface area contributed by atoms with Crippen LogP contribution in [-0.2, 0) is 6.18 Å². The highest BCUT2D eigenvalue weighted by atomic mass is 19.4. The molecule has 1 N–H and O–H groups in total. The van der Waals surface area contributed by atoms with Crippen LogP contribution in [0.4, 0.5) is 13.2 Å². The standard InChI is InChI=1S/C9H5F3N3/c10-9(11,12)7-4-2-1-3-6(7)8-13-5-14-15-8/h1-4H,(H,13,14,15). The Balaban J connectivity index is 2.58. The Labute approximate surface area is 83.0 Å². The molecule has 0 aliphatic rings. The van der Waals surface area contributed by atoms with Crippen molar-refractivity contribution in [3.05, 3.63) is 36.2 Å². The van der Waals surface area contributed by atoms with Gasteiger partial charge in [-0.3, -0.25) is 5.10 Å². The number of alkyl halides is 3. The molecule has 0 fully saturated rings. The third-order valence-corrected chi connectivity index (χ3v) is 1.86. The van der Waals surface area contributed by atoms with Gasteiger partial charge >= 0.3 is 6.18 Å². The van der Waals surface area contributed by atoms with E-state index in [4.69, 9.17) is 0 Å². The molecule has 1 aromatic carbocycles. The number of hydrogen-bond acceptors (Lipinski definition) is 2. The van der Waals surface area contributed by atoms with E-state index < -0.39 is 11.7 Å². The smallest absolute Gasteiger partial charge is 0.259 e. The second-order valence-corrected chi connectivity index (χ2v) is 2.83. The van der Waals surface area contributed by atoms with Crippen molar-refractivity contribution >= 4 is 0 Å². The van der Waals surface area contributed by atoms with E-state index >= 15 is 0 Å². The zero-order valence-corrected chi connectivity index (χ0v) is 7.34. The average molecular weight is 212 g/mol. The monoisotopic (exact) mass is 212 g/mol. The van der Waals surface area contributed by atoms with Gasteiger partial charge in [0.15, 0.2) is 5.82 Å². The summed E-state index contributed by atoms with van der Waals surface area (Å²) in [6.07, 6.45) is -2.22. The van der Waals surface area contributed by atoms with E-state index in [2.05, 4.69) is 21.5 Å². The van der Waals surface area contributed by atoms with Crippen LogP contribution in [0.15, 0.2) is 24.3 Å². The van der Waals surface area contributed by atoms with Gasteiger partial charge in [-0.25, -0.2) is 4.98 Å². The van der Waals surface area contributed by atoms with Crippen LogP contribution >= 0.6 is 0 Å². The summed E-state index contributed by atoms with van der Waals surface area (Å²) in [7, 11) is 0. The lowest BCUT2D eigenvalue weighted by molar-refractivity contribution is -0.137. The number of hydrogen-bond donors (Lipinski definition) is 1. The molecule has 77 valence electrons. The maximum Gasteiger partial charge on any atom is 0.417 e. The van der Waals surface area contributed by atoms with Crippen LogP contribution in [0.2, 0.25) is 0 Å². The number of nitrogens with one attached hydrogen (secondary N) is 1. The van der Waals surface area contributed by atoms with Crippen molar-refractivity contribution in [1.82, 2.24) is 15.2 Å². The topological polar surface area (TPSA) is 41.6 Å². The van der Waals surface area contributed by atoms with Crippen molar-refractivity contribution in [2.24, 2.45) is 0 Å². The van der Waals surface area contributed by atoms with Gasteiger partial charge < -0.3 is 0 Å². The van der Waals surface area contributed by atoms with Gasteiger partial charge in [0, 0.05) is 5.56 Å². The van der Waals surface area contributed by atoms with Crippen molar-refractivity contribution in [2.45, 2.75) is 6.18 Å². The first-order valence-electron chi connectivity index (χ1n) is 4.04. The van der Waals surface area contributed by atoms with Gasteiger partial charge in [0.2, 0.25) is 6.33 Å². The molecular weight excluding hydrogens is 207 g/mol. The maximum atomic E-state index is 12.6. The fraction of sp³-hybridized carbons (Fsp3) is 0.111. The van der Waals surface area contributed by atoms with Crippen LogP contribution in [0.5, 0.6) is 0 Å². The molecule has 0 bridgehead atoms. The number of rotatable bonds is 1. The molecule has 0 saturated heterocycles. The van der Waals surface area contributed by atoms with Gasteiger partial charge in [-0.1, -0.05) is 18.2 Å². The summed E-state index contributed by atoms with van der Waals surface area (Å²) in [6, 6.07) is 5.16. The van der Waals surface area contributed by atoms with Crippen molar-refractivity contribution in [3.8, 4) is 11.4 Å². The summed E-state index contributed by atoms with van der Waals surface area (Å²) in [5.74, 6) is 0.0583. The molecule has 1 heterocycles. The van der Waals surface area contributed by atoms with Gasteiger partial charge in [-0.05, 0) is 6.07 Å². The lowest BCUT2D eigenvalue weighted by Gasteiger charge is -2.09. The number of aromatic amines is 1. The zero-order chi connectivity index (χ0) is 10.9. The minimum Gasteiger partial charge on any atom is -0.259 e. The van der Waals surface area contributed by atoms with E-state index in [1.807, 2.05) is 0 Å². The lowest BCUT2D eigenvalue weighted by atomic mass is 10.1. The van der Waals surface area contributed by atoms with Crippen LogP contribution in [0.3, 0.4) is 0 Å². The molecule has 0 aliphatic heterocycles. The Morgan fingerprint density at radius 1 is 1.20 bits per heavy atom. The molecular formula is C9H5F3N3. The quantitative estimate of drug-likeness (QED) is 0.787. The highest BCUT2D eigenvalue weighted by molar-refractivity contribution is 5.60. The van der Waals surface area contributed by atoms with Crippen molar-refractivity contribution < 1.29 is 13.2 Å².